The van der Waals surface area contributed by atoms with Gasteiger partial charge >= 0.3 is 0 Å². The van der Waals surface area contributed by atoms with E-state index in [9.17, 15) is 4.79 Å². The Morgan fingerprint density at radius 3 is 2.64 bits per heavy atom. The number of ether oxygens (including phenoxy) is 1. The van der Waals surface area contributed by atoms with Gasteiger partial charge in [-0.2, -0.15) is 0 Å². The quantitative estimate of drug-likeness (QED) is 0.503. The summed E-state index contributed by atoms with van der Waals surface area (Å²) in [5, 5.41) is 4.02. The van der Waals surface area contributed by atoms with E-state index in [0.717, 1.165) is 10.5 Å². The van der Waals surface area contributed by atoms with E-state index < -0.39 is 0 Å². The molecule has 0 aliphatic rings. The summed E-state index contributed by atoms with van der Waals surface area (Å²) < 4.78 is 6.86. The van der Waals surface area contributed by atoms with Crippen LogP contribution in [-0.2, 0) is 0 Å². The van der Waals surface area contributed by atoms with Crippen molar-refractivity contribution in [2.24, 2.45) is 0 Å². The average Bonchev–Trinajstić information content (AvgIpc) is 3.17. The third-order valence-electron chi connectivity index (χ3n) is 4.29. The molecule has 2 aromatic carbocycles. The molecule has 0 saturated carbocycles. The van der Waals surface area contributed by atoms with E-state index in [1.807, 2.05) is 30.3 Å². The molecule has 0 aliphatic carbocycles. The molecule has 0 spiro atoms. The molecule has 0 fully saturated rings. The highest BCUT2D eigenvalue weighted by Crippen LogP contribution is 2.27. The first-order valence-corrected chi connectivity index (χ1v) is 9.82. The predicted octanol–water partition coefficient (Wildman–Crippen LogP) is 5.02. The third-order valence-corrected chi connectivity index (χ3v) is 5.56. The number of rotatable bonds is 6. The largest absolute Gasteiger partial charge is 0.456 e. The fraction of sp³-hybridized carbons (Fsp3) is 0.136. The second-order valence-corrected chi connectivity index (χ2v) is 7.51. The van der Waals surface area contributed by atoms with E-state index in [0.29, 0.717) is 23.6 Å². The number of amides is 1. The lowest BCUT2D eigenvalue weighted by atomic mass is 10.1. The Balaban J connectivity index is 1.35. The topological polar surface area (TPSA) is 64.1 Å². The van der Waals surface area contributed by atoms with Crippen molar-refractivity contribution in [3.8, 4) is 11.5 Å². The van der Waals surface area contributed by atoms with Crippen molar-refractivity contribution >= 4 is 27.5 Å². The molecule has 6 heteroatoms. The minimum absolute atomic E-state index is 0.110. The van der Waals surface area contributed by atoms with Crippen LogP contribution in [0.2, 0.25) is 0 Å². The zero-order valence-electron chi connectivity index (χ0n) is 15.3. The van der Waals surface area contributed by atoms with Crippen molar-refractivity contribution in [1.29, 1.82) is 0 Å². The average molecular weight is 389 g/mol. The van der Waals surface area contributed by atoms with Gasteiger partial charge in [-0.05, 0) is 48.5 Å². The van der Waals surface area contributed by atoms with Crippen LogP contribution in [0, 0.1) is 0 Å². The molecule has 0 bridgehead atoms. The van der Waals surface area contributed by atoms with Crippen molar-refractivity contribution < 1.29 is 9.53 Å². The van der Waals surface area contributed by atoms with Crippen LogP contribution < -0.4 is 10.1 Å². The van der Waals surface area contributed by atoms with Crippen LogP contribution in [-0.4, -0.2) is 22.4 Å². The zero-order valence-corrected chi connectivity index (χ0v) is 16.1. The predicted molar refractivity (Wildman–Crippen MR) is 111 cm³/mol. The second-order valence-electron chi connectivity index (χ2n) is 6.45. The maximum absolute atomic E-state index is 12.4. The zero-order chi connectivity index (χ0) is 19.3. The van der Waals surface area contributed by atoms with Crippen molar-refractivity contribution in [3.63, 3.8) is 0 Å². The van der Waals surface area contributed by atoms with Crippen LogP contribution in [0.15, 0.2) is 73.1 Å². The summed E-state index contributed by atoms with van der Waals surface area (Å²) in [4.78, 5) is 21.1. The van der Waals surface area contributed by atoms with Gasteiger partial charge in [0.25, 0.3) is 5.91 Å². The van der Waals surface area contributed by atoms with Crippen molar-refractivity contribution in [2.75, 3.05) is 6.54 Å². The van der Waals surface area contributed by atoms with Crippen LogP contribution >= 0.6 is 11.3 Å². The molecular formula is C22H19N3O2S. The molecule has 2 heterocycles. The van der Waals surface area contributed by atoms with E-state index in [-0.39, 0.29) is 11.8 Å². The summed E-state index contributed by atoms with van der Waals surface area (Å²) in [6.07, 6.45) is 3.33. The van der Waals surface area contributed by atoms with Crippen molar-refractivity contribution in [3.05, 3.63) is 83.6 Å². The Morgan fingerprint density at radius 1 is 1.07 bits per heavy atom. The highest BCUT2D eigenvalue weighted by molar-refractivity contribution is 7.18. The Bertz CT molecular complexity index is 1040. The molecule has 0 radical (unpaired) electrons. The van der Waals surface area contributed by atoms with E-state index in [4.69, 9.17) is 4.74 Å². The highest BCUT2D eigenvalue weighted by Gasteiger charge is 2.13. The molecule has 1 amide bonds. The molecule has 4 rings (SSSR count). The van der Waals surface area contributed by atoms with Crippen molar-refractivity contribution in [1.82, 2.24) is 15.3 Å². The van der Waals surface area contributed by atoms with Gasteiger partial charge in [0.05, 0.1) is 21.4 Å². The third kappa shape index (κ3) is 4.18. The number of pyridine rings is 1. The molecule has 28 heavy (non-hydrogen) atoms. The van der Waals surface area contributed by atoms with Crippen LogP contribution in [0.4, 0.5) is 0 Å². The normalized spacial score (nSPS) is 11.9. The van der Waals surface area contributed by atoms with E-state index in [1.54, 1.807) is 48.0 Å². The first-order chi connectivity index (χ1) is 13.7. The first kappa shape index (κ1) is 18.1. The number of hydrogen-bond acceptors (Lipinski definition) is 5. The summed E-state index contributed by atoms with van der Waals surface area (Å²) in [6, 6.07) is 18.8. The van der Waals surface area contributed by atoms with Crippen LogP contribution in [0.25, 0.3) is 10.2 Å². The fourth-order valence-electron chi connectivity index (χ4n) is 2.75. The van der Waals surface area contributed by atoms with Gasteiger partial charge in [-0.1, -0.05) is 19.1 Å². The molecular weight excluding hydrogens is 370 g/mol. The number of carbonyl (C=O) groups excluding carboxylic acids is 1. The van der Waals surface area contributed by atoms with Gasteiger partial charge in [0.1, 0.15) is 11.5 Å². The smallest absolute Gasteiger partial charge is 0.251 e. The minimum atomic E-state index is -0.110. The molecule has 0 aliphatic heterocycles. The van der Waals surface area contributed by atoms with Gasteiger partial charge in [0, 0.05) is 24.2 Å². The van der Waals surface area contributed by atoms with Gasteiger partial charge in [-0.25, -0.2) is 4.98 Å². The Hall–Kier alpha value is -3.25. The number of carbonyl (C=O) groups is 1. The lowest BCUT2D eigenvalue weighted by molar-refractivity contribution is 0.0951. The standard InChI is InChI=1S/C22H19N3O2S/c1-15(22-25-19-6-2-3-7-20(19)28-22)13-24-21(26)16-8-10-17(11-9-16)27-18-5-4-12-23-14-18/h2-12,14-15H,13H2,1H3,(H,24,26). The number of nitrogens with one attached hydrogen (secondary N) is 1. The van der Waals surface area contributed by atoms with Crippen LogP contribution in [0.5, 0.6) is 11.5 Å². The monoisotopic (exact) mass is 389 g/mol. The summed E-state index contributed by atoms with van der Waals surface area (Å²) in [7, 11) is 0. The molecule has 1 atom stereocenters. The minimum Gasteiger partial charge on any atom is -0.456 e. The molecule has 1 N–H and O–H groups in total. The number of nitrogens with zero attached hydrogens (tertiary/aromatic N) is 2. The molecule has 1 unspecified atom stereocenters. The van der Waals surface area contributed by atoms with Gasteiger partial charge in [-0.15, -0.1) is 11.3 Å². The van der Waals surface area contributed by atoms with E-state index in [2.05, 4.69) is 28.3 Å². The fourth-order valence-corrected chi connectivity index (χ4v) is 3.77. The summed E-state index contributed by atoms with van der Waals surface area (Å²) in [6.45, 7) is 2.61. The lowest BCUT2D eigenvalue weighted by Crippen LogP contribution is -2.27. The number of fused-ring (bicyclic) bond motifs is 1. The SMILES string of the molecule is CC(CNC(=O)c1ccc(Oc2cccnc2)cc1)c1nc2ccccc2s1. The molecule has 0 saturated heterocycles. The van der Waals surface area contributed by atoms with E-state index in [1.165, 1.54) is 4.70 Å². The number of benzene rings is 2. The summed E-state index contributed by atoms with van der Waals surface area (Å²) >= 11 is 1.67. The Labute approximate surface area is 167 Å². The molecule has 5 nitrogen and oxygen atoms in total. The van der Waals surface area contributed by atoms with E-state index >= 15 is 0 Å². The van der Waals surface area contributed by atoms with Gasteiger partial charge in [-0.3, -0.25) is 9.78 Å². The summed E-state index contributed by atoms with van der Waals surface area (Å²) in [5.74, 6) is 1.35. The maximum atomic E-state index is 12.4. The Kier molecular flexibility index (Phi) is 5.30. The van der Waals surface area contributed by atoms with Gasteiger partial charge in [0.15, 0.2) is 0 Å². The molecule has 4 aromatic rings. The lowest BCUT2D eigenvalue weighted by Gasteiger charge is -2.11. The number of hydrogen-bond donors (Lipinski definition) is 1. The molecule has 140 valence electrons. The van der Waals surface area contributed by atoms with Crippen molar-refractivity contribution in [2.45, 2.75) is 12.8 Å². The highest BCUT2D eigenvalue weighted by atomic mass is 32.1. The van der Waals surface area contributed by atoms with Gasteiger partial charge < -0.3 is 10.1 Å². The number of thiazole rings is 1. The number of para-hydroxylation sites is 1. The van der Waals surface area contributed by atoms with Crippen LogP contribution in [0.1, 0.15) is 28.2 Å². The van der Waals surface area contributed by atoms with Gasteiger partial charge in [0.2, 0.25) is 0 Å². The first-order valence-electron chi connectivity index (χ1n) is 9.00. The molecule has 2 aromatic heterocycles. The second kappa shape index (κ2) is 8.19. The van der Waals surface area contributed by atoms with Crippen LogP contribution in [0.3, 0.4) is 0 Å². The Morgan fingerprint density at radius 2 is 1.89 bits per heavy atom. The maximum Gasteiger partial charge on any atom is 0.251 e. The number of aromatic nitrogens is 2. The summed E-state index contributed by atoms with van der Waals surface area (Å²) in [5.41, 5.74) is 1.60.